The van der Waals surface area contributed by atoms with Gasteiger partial charge in [0.15, 0.2) is 0 Å². The molecule has 4 aromatic rings. The van der Waals surface area contributed by atoms with Gasteiger partial charge in [0.2, 0.25) is 0 Å². The minimum Gasteiger partial charge on any atom is -0.467 e. The van der Waals surface area contributed by atoms with E-state index in [-0.39, 0.29) is 201 Å². The van der Waals surface area contributed by atoms with Crippen LogP contribution in [0.2, 0.25) is 0 Å². The summed E-state index contributed by atoms with van der Waals surface area (Å²) in [7, 11) is 3.85. The zero-order valence-corrected chi connectivity index (χ0v) is 63.8. The van der Waals surface area contributed by atoms with Gasteiger partial charge in [0.25, 0.3) is 0 Å². The number of amides is 4. The van der Waals surface area contributed by atoms with E-state index in [0.29, 0.717) is 23.7 Å². The van der Waals surface area contributed by atoms with Crippen LogP contribution in [0, 0.1) is 158 Å². The minimum atomic E-state index is -0.766. The number of aryl methyl sites for hydroxylation is 1. The average Bonchev–Trinajstić information content (AvgIpc) is 0.966. The van der Waals surface area contributed by atoms with E-state index < -0.39 is 82.8 Å². The van der Waals surface area contributed by atoms with Crippen molar-refractivity contribution in [2.24, 2.45) is 0 Å². The molecular weight excluding hydrogens is 1460 g/mol. The third kappa shape index (κ3) is 79.7. The SMILES string of the molecule is C.C.C.C.C.CC.CC.CC.CC.CC(C)(C)OC(=O)N[C@H](CO)Cc1ccccc1.COC(=O)[C@H](CI)NC(=O)OC(C)(C)C.COC(=O)[C@H](Cc1ccccc1)NC(=O)OC(C)(C)C.COC(=O)[C@H](Cc1ccccc1)NC(=O)OC(C)(C)C.Cc1ccccc1.[Ar].[Ar].[Ar].[Ar]. The monoisotopic (exact) mass is 1590 g/mol. The fourth-order valence-electron chi connectivity index (χ4n) is 6.09. The molecule has 0 heterocycles. The molecule has 0 aromatic heterocycles. The van der Waals surface area contributed by atoms with Crippen molar-refractivity contribution in [3.63, 3.8) is 0 Å². The van der Waals surface area contributed by atoms with E-state index in [1.54, 1.807) is 83.1 Å². The molecule has 0 aliphatic carbocycles. The Labute approximate surface area is 723 Å². The van der Waals surface area contributed by atoms with Gasteiger partial charge in [-0.2, -0.15) is 0 Å². The number of ether oxygens (including phenoxy) is 7. The van der Waals surface area contributed by atoms with Crippen LogP contribution >= 0.6 is 22.6 Å². The molecule has 0 aliphatic heterocycles. The van der Waals surface area contributed by atoms with Crippen molar-refractivity contribution in [2.45, 2.75) is 248 Å². The first-order chi connectivity index (χ1) is 41.2. The number of alkyl halides is 1. The molecule has 24 heteroatoms. The van der Waals surface area contributed by atoms with Gasteiger partial charge in [-0.3, -0.25) is 0 Å². The first-order valence-electron chi connectivity index (χ1n) is 29.7. The van der Waals surface area contributed by atoms with Crippen LogP contribution < -0.4 is 21.3 Å². The fourth-order valence-corrected chi connectivity index (χ4v) is 6.67. The van der Waals surface area contributed by atoms with Crippen molar-refractivity contribution in [3.05, 3.63) is 144 Å². The maximum Gasteiger partial charge on any atom is 0.408 e. The van der Waals surface area contributed by atoms with Crippen molar-refractivity contribution >= 4 is 64.9 Å². The summed E-state index contributed by atoms with van der Waals surface area (Å²) in [5.41, 5.74) is 1.91. The van der Waals surface area contributed by atoms with E-state index in [1.807, 2.05) is 187 Å². The van der Waals surface area contributed by atoms with E-state index in [1.165, 1.54) is 26.9 Å². The normalized spacial score (nSPS) is 10.4. The summed E-state index contributed by atoms with van der Waals surface area (Å²) in [6.45, 7) is 39.2. The van der Waals surface area contributed by atoms with Crippen LogP contribution in [0.4, 0.5) is 19.2 Å². The Kier molecular flexibility index (Phi) is 101. The summed E-state index contributed by atoms with van der Waals surface area (Å²) >= 11 is 1.99. The van der Waals surface area contributed by atoms with Crippen LogP contribution in [0.1, 0.15) is 198 Å². The molecule has 0 fully saturated rings. The Morgan fingerprint density at radius 2 is 0.577 bits per heavy atom. The molecule has 19 nitrogen and oxygen atoms in total. The minimum absolute atomic E-state index is 0. The van der Waals surface area contributed by atoms with Gasteiger partial charge in [0, 0.05) is 168 Å². The second-order valence-corrected chi connectivity index (χ2v) is 22.5. The fraction of sp³-hybridized carbons (Fsp3) is 0.575. The van der Waals surface area contributed by atoms with Crippen molar-refractivity contribution in [2.75, 3.05) is 32.4 Å². The number of halogens is 1. The van der Waals surface area contributed by atoms with E-state index in [0.717, 1.165) is 16.7 Å². The molecule has 4 aromatic carbocycles. The summed E-state index contributed by atoms with van der Waals surface area (Å²) in [6, 6.07) is 36.2. The summed E-state index contributed by atoms with van der Waals surface area (Å²) in [6.07, 6.45) is -1.10. The number of esters is 3. The summed E-state index contributed by atoms with van der Waals surface area (Å²) < 4.78 is 34.8. The van der Waals surface area contributed by atoms with E-state index in [9.17, 15) is 38.7 Å². The van der Waals surface area contributed by atoms with Crippen LogP contribution in [-0.4, -0.2) is 126 Å². The number of nitrogens with one attached hydrogen (secondary N) is 4. The molecule has 0 aliphatic rings. The number of alkyl carbamates (subject to hydrolysis) is 4. The molecule has 0 saturated carbocycles. The molecule has 4 amide bonds. The van der Waals surface area contributed by atoms with Crippen LogP contribution in [0.15, 0.2) is 121 Å². The Morgan fingerprint density at radius 1 is 0.371 bits per heavy atom. The molecule has 572 valence electrons. The Morgan fingerprint density at radius 3 is 0.773 bits per heavy atom. The van der Waals surface area contributed by atoms with Crippen LogP contribution in [0.5, 0.6) is 0 Å². The topological polar surface area (TPSA) is 252 Å². The number of hydrogen-bond donors (Lipinski definition) is 5. The quantitative estimate of drug-likeness (QED) is 0.0321. The molecule has 0 unspecified atom stereocenters. The van der Waals surface area contributed by atoms with Crippen LogP contribution in [0.25, 0.3) is 0 Å². The number of rotatable bonds is 15. The molecule has 5 N–H and O–H groups in total. The molecule has 0 saturated heterocycles. The maximum atomic E-state index is 11.7. The van der Waals surface area contributed by atoms with Gasteiger partial charge in [-0.05, 0) is 113 Å². The van der Waals surface area contributed by atoms with Crippen LogP contribution in [0.3, 0.4) is 0 Å². The van der Waals surface area contributed by atoms with Gasteiger partial charge in [-0.1, -0.05) is 242 Å². The smallest absolute Gasteiger partial charge is 0.408 e. The number of carbonyl (C=O) groups is 7. The molecule has 4 rings (SSSR count). The number of methoxy groups -OCH3 is 3. The van der Waals surface area contributed by atoms with Crippen molar-refractivity contribution in [1.29, 1.82) is 0 Å². The van der Waals surface area contributed by atoms with E-state index in [4.69, 9.17) is 28.4 Å². The zero-order valence-electron chi connectivity index (χ0n) is 58.8. The molecule has 97 heavy (non-hydrogen) atoms. The van der Waals surface area contributed by atoms with Gasteiger partial charge in [-0.15, -0.1) is 0 Å². The number of aliphatic hydroxyl groups excluding tert-OH is 1. The average molecular weight is 1590 g/mol. The summed E-state index contributed by atoms with van der Waals surface area (Å²) in [5, 5.41) is 19.4. The van der Waals surface area contributed by atoms with Crippen molar-refractivity contribution in [3.8, 4) is 0 Å². The van der Waals surface area contributed by atoms with Crippen LogP contribution in [-0.2, 0) is 66.8 Å². The van der Waals surface area contributed by atoms with Crippen molar-refractivity contribution in [1.82, 2.24) is 21.3 Å². The number of hydrogen-bond acceptors (Lipinski definition) is 15. The van der Waals surface area contributed by atoms with Gasteiger partial charge < -0.3 is 59.5 Å². The first-order valence-corrected chi connectivity index (χ1v) is 31.3. The number of carbonyl (C=O) groups excluding carboxylic acids is 7. The standard InChI is InChI=1S/2C15H21NO4.C14H21NO3.C9H16INO4.C7H8.4C2H6.5CH4.4Ar/c2*1-15(2,3)20-14(18)16-12(13(17)19-4)10-11-8-6-5-7-9-11;1-14(2,3)18-13(17)15-12(10-16)9-11-7-5-4-6-8-11;1-9(2,3)15-8(13)11-6(5-10)7(12)14-4;1-7-5-3-2-4-6-7;4*1-2;;;;;;;;;/h2*5-9,12H,10H2,1-4H3,(H,16,18);4-8,12,16H,9-10H2,1-3H3,(H,15,17);6H,5H2,1-4H3,(H,11,13);2-6H,1H3;4*1-2H3;5*1H4;;;;/t3*12-;6-;;;;;;;;;;;;;;/m0000............../s1. The second-order valence-electron chi connectivity index (χ2n) is 21.6. The van der Waals surface area contributed by atoms with Gasteiger partial charge in [0.1, 0.15) is 40.5 Å². The number of aliphatic hydroxyl groups is 1. The predicted octanol–water partition coefficient (Wildman–Crippen LogP) is 17.5. The molecule has 0 radical (unpaired) electrons. The maximum absolute atomic E-state index is 11.7. The van der Waals surface area contributed by atoms with Crippen molar-refractivity contribution < 1.29 is 223 Å². The van der Waals surface area contributed by atoms with E-state index in [2.05, 4.69) is 45.1 Å². The second kappa shape index (κ2) is 76.7. The van der Waals surface area contributed by atoms with Gasteiger partial charge in [-0.25, -0.2) is 33.6 Å². The largest absolute Gasteiger partial charge is 0.467 e. The van der Waals surface area contributed by atoms with Gasteiger partial charge >= 0.3 is 42.3 Å². The summed E-state index contributed by atoms with van der Waals surface area (Å²) in [5.74, 6) is -1.48. The van der Waals surface area contributed by atoms with E-state index >= 15 is 0 Å². The first kappa shape index (κ1) is 128. The third-order valence-corrected chi connectivity index (χ3v) is 10.3. The molecular formula is C73H131Ar4IN4O15. The Hall–Kier alpha value is -1.90. The third-order valence-electron chi connectivity index (χ3n) is 9.46. The molecule has 0 spiro atoms. The Bertz CT molecular complexity index is 2350. The summed E-state index contributed by atoms with van der Waals surface area (Å²) in [4.78, 5) is 81.0. The molecule has 0 bridgehead atoms. The number of benzene rings is 4. The zero-order chi connectivity index (χ0) is 69.1. The molecule has 4 atom stereocenters. The van der Waals surface area contributed by atoms with Gasteiger partial charge in [0.05, 0.1) is 34.0 Å². The Balaban J connectivity index is -0.0000000718. The predicted molar refractivity (Wildman–Crippen MR) is 395 cm³/mol.